The highest BCUT2D eigenvalue weighted by Gasteiger charge is 2.24. The minimum atomic E-state index is -0.354. The molecule has 0 fully saturated rings. The Morgan fingerprint density at radius 2 is 1.57 bits per heavy atom. The van der Waals surface area contributed by atoms with Crippen LogP contribution in [0.5, 0.6) is 0 Å². The summed E-state index contributed by atoms with van der Waals surface area (Å²) in [4.78, 5) is 4.81. The molecular formula is C25H41NO2. The number of ether oxygens (including phenoxy) is 1. The van der Waals surface area contributed by atoms with Crippen molar-refractivity contribution in [2.45, 2.75) is 109 Å². The number of aliphatic imine (C=N–C) groups is 1. The van der Waals surface area contributed by atoms with Crippen LogP contribution in [-0.4, -0.2) is 29.6 Å². The number of hydrogen-bond acceptors (Lipinski definition) is 3. The molecule has 3 nitrogen and oxygen atoms in total. The average molecular weight is 388 g/mol. The number of benzene rings is 1. The molecule has 0 saturated carbocycles. The van der Waals surface area contributed by atoms with Gasteiger partial charge in [0.2, 0.25) is 0 Å². The molecule has 1 N–H and O–H groups in total. The van der Waals surface area contributed by atoms with Crippen LogP contribution in [0.2, 0.25) is 0 Å². The van der Waals surface area contributed by atoms with Crippen molar-refractivity contribution in [1.29, 1.82) is 0 Å². The molecule has 1 heterocycles. The number of unbranched alkanes of at least 4 members (excludes halogenated alkanes) is 9. The molecule has 158 valence electrons. The minimum Gasteiger partial charge on any atom is -0.391 e. The Kier molecular flexibility index (Phi) is 12.2. The fourth-order valence-electron chi connectivity index (χ4n) is 3.92. The van der Waals surface area contributed by atoms with E-state index in [1.807, 2.05) is 18.2 Å². The summed E-state index contributed by atoms with van der Waals surface area (Å²) in [5, 5.41) is 10.2. The summed E-state index contributed by atoms with van der Waals surface area (Å²) in [5.74, 6) is 0. The topological polar surface area (TPSA) is 41.8 Å². The van der Waals surface area contributed by atoms with Crippen LogP contribution in [0.1, 0.15) is 96.0 Å². The van der Waals surface area contributed by atoms with E-state index in [1.54, 1.807) is 0 Å². The van der Waals surface area contributed by atoms with Crippen LogP contribution in [0.15, 0.2) is 35.3 Å². The van der Waals surface area contributed by atoms with Crippen LogP contribution in [-0.2, 0) is 11.3 Å². The quantitative estimate of drug-likeness (QED) is 0.350. The third-order valence-corrected chi connectivity index (χ3v) is 5.74. The lowest BCUT2D eigenvalue weighted by molar-refractivity contribution is 0.0498. The Hall–Kier alpha value is -1.19. The SMILES string of the molecule is CCCCCCCCCCCCC1=N[C@@H](COCc2ccccc2)[C@H](O)CC1. The smallest absolute Gasteiger partial charge is 0.0990 e. The third kappa shape index (κ3) is 9.84. The standard InChI is InChI=1S/C25H41NO2/c1-2-3-4-5-6-7-8-9-10-14-17-23-18-19-25(27)24(26-23)21-28-20-22-15-12-11-13-16-22/h11-13,15-16,24-25,27H,2-10,14,17-21H2,1H3/t24-,25+/m0/s1. The van der Waals surface area contributed by atoms with Gasteiger partial charge in [-0.15, -0.1) is 0 Å². The van der Waals surface area contributed by atoms with Crippen molar-refractivity contribution in [3.8, 4) is 0 Å². The van der Waals surface area contributed by atoms with E-state index in [9.17, 15) is 5.11 Å². The number of hydrogen-bond donors (Lipinski definition) is 1. The van der Waals surface area contributed by atoms with Crippen molar-refractivity contribution in [3.05, 3.63) is 35.9 Å². The van der Waals surface area contributed by atoms with Crippen LogP contribution in [0.4, 0.5) is 0 Å². The lowest BCUT2D eigenvalue weighted by Gasteiger charge is -2.26. The molecular weight excluding hydrogens is 346 g/mol. The second-order valence-electron chi connectivity index (χ2n) is 8.30. The zero-order valence-corrected chi connectivity index (χ0v) is 18.0. The zero-order chi connectivity index (χ0) is 19.9. The van der Waals surface area contributed by atoms with Crippen molar-refractivity contribution in [3.63, 3.8) is 0 Å². The molecule has 2 rings (SSSR count). The van der Waals surface area contributed by atoms with Crippen LogP contribution in [0.25, 0.3) is 0 Å². The van der Waals surface area contributed by atoms with Gasteiger partial charge in [-0.25, -0.2) is 0 Å². The van der Waals surface area contributed by atoms with Crippen molar-refractivity contribution in [2.75, 3.05) is 6.61 Å². The Morgan fingerprint density at radius 3 is 2.25 bits per heavy atom. The van der Waals surface area contributed by atoms with Crippen LogP contribution >= 0.6 is 0 Å². The predicted molar refractivity (Wildman–Crippen MR) is 119 cm³/mol. The number of nitrogens with zero attached hydrogens (tertiary/aromatic N) is 1. The Labute approximate surface area is 172 Å². The van der Waals surface area contributed by atoms with Gasteiger partial charge in [0.1, 0.15) is 0 Å². The molecule has 28 heavy (non-hydrogen) atoms. The summed E-state index contributed by atoms with van der Waals surface area (Å²) in [6, 6.07) is 10.1. The average Bonchev–Trinajstić information content (AvgIpc) is 2.72. The molecule has 0 unspecified atom stereocenters. The minimum absolute atomic E-state index is 0.0874. The van der Waals surface area contributed by atoms with Crippen molar-refractivity contribution in [1.82, 2.24) is 0 Å². The van der Waals surface area contributed by atoms with E-state index in [2.05, 4.69) is 19.1 Å². The van der Waals surface area contributed by atoms with E-state index in [1.165, 1.54) is 75.5 Å². The van der Waals surface area contributed by atoms with Gasteiger partial charge in [-0.05, 0) is 31.2 Å². The highest BCUT2D eigenvalue weighted by atomic mass is 16.5. The molecule has 2 atom stereocenters. The molecule has 0 saturated heterocycles. The normalized spacial score (nSPS) is 19.6. The van der Waals surface area contributed by atoms with E-state index in [-0.39, 0.29) is 12.1 Å². The molecule has 0 spiro atoms. The van der Waals surface area contributed by atoms with Gasteiger partial charge >= 0.3 is 0 Å². The second-order valence-corrected chi connectivity index (χ2v) is 8.30. The maximum Gasteiger partial charge on any atom is 0.0990 e. The summed E-state index contributed by atoms with van der Waals surface area (Å²) in [5.41, 5.74) is 2.46. The number of aliphatic hydroxyl groups excluding tert-OH is 1. The van der Waals surface area contributed by atoms with Gasteiger partial charge in [0, 0.05) is 5.71 Å². The highest BCUT2D eigenvalue weighted by molar-refractivity contribution is 5.85. The van der Waals surface area contributed by atoms with Crippen molar-refractivity contribution < 1.29 is 9.84 Å². The molecule has 1 aromatic rings. The van der Waals surface area contributed by atoms with E-state index < -0.39 is 0 Å². The molecule has 3 heteroatoms. The van der Waals surface area contributed by atoms with Gasteiger partial charge in [0.25, 0.3) is 0 Å². The summed E-state index contributed by atoms with van der Waals surface area (Å²) in [6.07, 6.45) is 16.2. The monoisotopic (exact) mass is 387 g/mol. The first-order chi connectivity index (χ1) is 13.8. The molecule has 0 radical (unpaired) electrons. The van der Waals surface area contributed by atoms with E-state index in [0.717, 1.165) is 19.3 Å². The first-order valence-electron chi connectivity index (χ1n) is 11.6. The number of aliphatic hydroxyl groups is 1. The van der Waals surface area contributed by atoms with Crippen LogP contribution in [0.3, 0.4) is 0 Å². The summed E-state index contributed by atoms with van der Waals surface area (Å²) >= 11 is 0. The maximum atomic E-state index is 10.2. The first-order valence-corrected chi connectivity index (χ1v) is 11.6. The molecule has 0 bridgehead atoms. The number of rotatable bonds is 15. The van der Waals surface area contributed by atoms with Gasteiger partial charge in [0.05, 0.1) is 25.4 Å². The molecule has 1 aliphatic heterocycles. The van der Waals surface area contributed by atoms with Crippen molar-refractivity contribution >= 4 is 5.71 Å². The largest absolute Gasteiger partial charge is 0.391 e. The molecule has 1 aromatic carbocycles. The summed E-state index contributed by atoms with van der Waals surface area (Å²) in [6.45, 7) is 3.38. The van der Waals surface area contributed by atoms with Crippen LogP contribution < -0.4 is 0 Å². The van der Waals surface area contributed by atoms with Crippen molar-refractivity contribution in [2.24, 2.45) is 4.99 Å². The third-order valence-electron chi connectivity index (χ3n) is 5.74. The van der Waals surface area contributed by atoms with Gasteiger partial charge in [-0.1, -0.05) is 95.0 Å². The summed E-state index contributed by atoms with van der Waals surface area (Å²) < 4.78 is 5.82. The van der Waals surface area contributed by atoms with E-state index >= 15 is 0 Å². The van der Waals surface area contributed by atoms with Gasteiger partial charge in [-0.2, -0.15) is 0 Å². The Bertz CT molecular complexity index is 529. The van der Waals surface area contributed by atoms with Gasteiger partial charge in [0.15, 0.2) is 0 Å². The fraction of sp³-hybridized carbons (Fsp3) is 0.720. The molecule has 1 aliphatic rings. The first kappa shape index (κ1) is 23.1. The van der Waals surface area contributed by atoms with Gasteiger partial charge in [-0.3, -0.25) is 4.99 Å². The maximum absolute atomic E-state index is 10.2. The van der Waals surface area contributed by atoms with E-state index in [0.29, 0.717) is 13.2 Å². The lowest BCUT2D eigenvalue weighted by Crippen LogP contribution is -2.34. The Morgan fingerprint density at radius 1 is 0.929 bits per heavy atom. The highest BCUT2D eigenvalue weighted by Crippen LogP contribution is 2.19. The zero-order valence-electron chi connectivity index (χ0n) is 18.0. The lowest BCUT2D eigenvalue weighted by atomic mass is 9.96. The second kappa shape index (κ2) is 14.8. The predicted octanol–water partition coefficient (Wildman–Crippen LogP) is 6.48. The van der Waals surface area contributed by atoms with Gasteiger partial charge < -0.3 is 9.84 Å². The molecule has 0 aliphatic carbocycles. The summed E-state index contributed by atoms with van der Waals surface area (Å²) in [7, 11) is 0. The Balaban J connectivity index is 1.55. The molecule has 0 aromatic heterocycles. The van der Waals surface area contributed by atoms with E-state index in [4.69, 9.17) is 9.73 Å². The molecule has 0 amide bonds. The fourth-order valence-corrected chi connectivity index (χ4v) is 3.92. The van der Waals surface area contributed by atoms with Crippen LogP contribution in [0, 0.1) is 0 Å².